The number of carbonyl (C=O) groups excluding carboxylic acids is 2. The van der Waals surface area contributed by atoms with Crippen molar-refractivity contribution in [3.05, 3.63) is 0 Å². The topological polar surface area (TPSA) is 196 Å². The molecular weight excluding hydrogens is 408 g/mol. The molecule has 0 bridgehead atoms. The van der Waals surface area contributed by atoms with Crippen LogP contribution in [0.4, 0.5) is 0 Å². The molecule has 2 aliphatic heterocycles. The first-order valence-electron chi connectivity index (χ1n) is 9.53. The third-order valence-corrected chi connectivity index (χ3v) is 5.15. The first kappa shape index (κ1) is 24.8. The molecule has 0 saturated carbocycles. The van der Waals surface area contributed by atoms with Crippen molar-refractivity contribution in [3.63, 3.8) is 0 Å². The van der Waals surface area contributed by atoms with Crippen molar-refractivity contribution in [2.75, 3.05) is 13.2 Å². The zero-order chi connectivity index (χ0) is 22.6. The Hall–Kier alpha value is -1.42. The highest BCUT2D eigenvalue weighted by atomic mass is 17.1. The number of nitrogens with one attached hydrogen (secondary N) is 2. The van der Waals surface area contributed by atoms with E-state index >= 15 is 0 Å². The van der Waals surface area contributed by atoms with Crippen molar-refractivity contribution in [1.82, 2.24) is 10.6 Å². The fourth-order valence-electron chi connectivity index (χ4n) is 3.75. The molecule has 6 unspecified atom stereocenters. The third kappa shape index (κ3) is 5.43. The van der Waals surface area contributed by atoms with Crippen LogP contribution in [-0.4, -0.2) is 112 Å². The summed E-state index contributed by atoms with van der Waals surface area (Å²) in [5.41, 5.74) is 0. The normalized spacial score (nSPS) is 41.9. The van der Waals surface area contributed by atoms with Crippen LogP contribution in [0.25, 0.3) is 0 Å². The van der Waals surface area contributed by atoms with Gasteiger partial charge in [0.15, 0.2) is 6.29 Å². The Balaban J connectivity index is 2.28. The quantitative estimate of drug-likeness (QED) is 0.154. The third-order valence-electron chi connectivity index (χ3n) is 5.15. The molecule has 2 saturated heterocycles. The molecule has 2 heterocycles. The maximum Gasteiger partial charge on any atom is 0.217 e. The Labute approximate surface area is 172 Å². The summed E-state index contributed by atoms with van der Waals surface area (Å²) in [7, 11) is 0. The summed E-state index contributed by atoms with van der Waals surface area (Å²) in [4.78, 5) is 27.3. The van der Waals surface area contributed by atoms with Gasteiger partial charge in [0.1, 0.15) is 42.7 Å². The number of rotatable bonds is 7. The van der Waals surface area contributed by atoms with Crippen molar-refractivity contribution in [1.29, 1.82) is 0 Å². The fraction of sp³-hybridized carbons (Fsp3) is 0.882. The van der Waals surface area contributed by atoms with Crippen LogP contribution in [0.2, 0.25) is 0 Å². The van der Waals surface area contributed by atoms with Gasteiger partial charge in [-0.3, -0.25) is 14.8 Å². The van der Waals surface area contributed by atoms with Gasteiger partial charge >= 0.3 is 0 Å². The van der Waals surface area contributed by atoms with Crippen LogP contribution in [0, 0.1) is 0 Å². The van der Waals surface area contributed by atoms with Gasteiger partial charge in [-0.25, -0.2) is 4.89 Å². The van der Waals surface area contributed by atoms with E-state index in [2.05, 4.69) is 15.5 Å². The average molecular weight is 438 g/mol. The van der Waals surface area contributed by atoms with Crippen molar-refractivity contribution < 1.29 is 54.4 Å². The molecule has 13 nitrogen and oxygen atoms in total. The smallest absolute Gasteiger partial charge is 0.217 e. The molecule has 7 N–H and O–H groups in total. The van der Waals surface area contributed by atoms with Crippen LogP contribution >= 0.6 is 0 Å². The van der Waals surface area contributed by atoms with Crippen molar-refractivity contribution >= 4 is 11.8 Å². The molecule has 2 rings (SSSR count). The Morgan fingerprint density at radius 2 is 1.40 bits per heavy atom. The molecule has 0 aromatic carbocycles. The maximum absolute atomic E-state index is 11.6. The second-order valence-corrected chi connectivity index (χ2v) is 7.39. The Bertz CT molecular complexity index is 594. The van der Waals surface area contributed by atoms with Gasteiger partial charge in [0.2, 0.25) is 11.8 Å². The number of amides is 2. The molecule has 0 aliphatic carbocycles. The van der Waals surface area contributed by atoms with Crippen LogP contribution in [0.5, 0.6) is 0 Å². The summed E-state index contributed by atoms with van der Waals surface area (Å²) < 4.78 is 17.0. The van der Waals surface area contributed by atoms with Crippen molar-refractivity contribution in [3.8, 4) is 0 Å². The lowest BCUT2D eigenvalue weighted by Crippen LogP contribution is -2.69. The molecule has 30 heavy (non-hydrogen) atoms. The molecular formula is C17H30N2O11. The average Bonchev–Trinajstić information content (AvgIpc) is 2.68. The van der Waals surface area contributed by atoms with E-state index in [-0.39, 0.29) is 0 Å². The van der Waals surface area contributed by atoms with Crippen LogP contribution in [0.1, 0.15) is 20.8 Å². The van der Waals surface area contributed by atoms with Crippen molar-refractivity contribution in [2.45, 2.75) is 81.9 Å². The molecule has 0 spiro atoms. The maximum atomic E-state index is 11.6. The van der Waals surface area contributed by atoms with Gasteiger partial charge < -0.3 is 45.3 Å². The van der Waals surface area contributed by atoms with Gasteiger partial charge in [-0.15, -0.1) is 0 Å². The summed E-state index contributed by atoms with van der Waals surface area (Å²) in [5.74, 6) is -0.973. The molecule has 0 aromatic rings. The zero-order valence-corrected chi connectivity index (χ0v) is 16.9. The fourth-order valence-corrected chi connectivity index (χ4v) is 3.75. The second kappa shape index (κ2) is 10.7. The Kier molecular flexibility index (Phi) is 8.90. The van der Waals surface area contributed by atoms with E-state index in [0.717, 1.165) is 0 Å². The highest BCUT2D eigenvalue weighted by Gasteiger charge is 2.51. The SMILES string of the molecule is CC(=O)NC1C(O)[C@H](OO)C(CO)O[C@H]1O[C@@H]1C(CO)O[C@@H](C)C(NC(C)=O)C1O. The Morgan fingerprint density at radius 3 is 1.90 bits per heavy atom. The standard InChI is InChI=1S/C17H30N2O11/c1-6-11(18-7(2)22)13(24)15(9(4-20)27-6)29-17-12(19-8(3)23)14(25)16(30-26)10(5-21)28-17/h6,9-17,20-21,24-26H,4-5H2,1-3H3,(H,18,22)(H,19,23)/t6-,9?,10?,11?,12?,13?,14?,15+,16+,17-/m0/s1. The molecule has 10 atom stereocenters. The highest BCUT2D eigenvalue weighted by Crippen LogP contribution is 2.29. The lowest BCUT2D eigenvalue weighted by atomic mass is 9.92. The summed E-state index contributed by atoms with van der Waals surface area (Å²) >= 11 is 0. The second-order valence-electron chi connectivity index (χ2n) is 7.39. The van der Waals surface area contributed by atoms with E-state index < -0.39 is 86.1 Å². The number of ether oxygens (including phenoxy) is 3. The molecule has 174 valence electrons. The van der Waals surface area contributed by atoms with E-state index in [1.807, 2.05) is 0 Å². The van der Waals surface area contributed by atoms with E-state index in [1.54, 1.807) is 6.92 Å². The van der Waals surface area contributed by atoms with Gasteiger partial charge in [-0.2, -0.15) is 0 Å². The van der Waals surface area contributed by atoms with Gasteiger partial charge in [0, 0.05) is 13.8 Å². The van der Waals surface area contributed by atoms with Crippen LogP contribution < -0.4 is 10.6 Å². The van der Waals surface area contributed by atoms with Crippen LogP contribution in [0.15, 0.2) is 0 Å². The lowest BCUT2D eigenvalue weighted by molar-refractivity contribution is -0.372. The summed E-state index contributed by atoms with van der Waals surface area (Å²) in [6.45, 7) is 2.86. The molecule has 2 amide bonds. The summed E-state index contributed by atoms with van der Waals surface area (Å²) in [6, 6.07) is -2.13. The van der Waals surface area contributed by atoms with Gasteiger partial charge in [-0.05, 0) is 6.92 Å². The predicted molar refractivity (Wildman–Crippen MR) is 96.8 cm³/mol. The lowest BCUT2D eigenvalue weighted by Gasteiger charge is -2.48. The number of carbonyl (C=O) groups is 2. The molecule has 13 heteroatoms. The first-order valence-corrected chi connectivity index (χ1v) is 9.53. The Morgan fingerprint density at radius 1 is 0.900 bits per heavy atom. The highest BCUT2D eigenvalue weighted by molar-refractivity contribution is 5.73. The molecule has 0 radical (unpaired) electrons. The largest absolute Gasteiger partial charge is 0.394 e. The van der Waals surface area contributed by atoms with Crippen LogP contribution in [0.3, 0.4) is 0 Å². The van der Waals surface area contributed by atoms with E-state index in [4.69, 9.17) is 19.5 Å². The van der Waals surface area contributed by atoms with E-state index in [1.165, 1.54) is 13.8 Å². The minimum Gasteiger partial charge on any atom is -0.394 e. The monoisotopic (exact) mass is 438 g/mol. The predicted octanol–water partition coefficient (Wildman–Crippen LogP) is -3.54. The molecule has 0 aromatic heterocycles. The minimum atomic E-state index is -1.55. The van der Waals surface area contributed by atoms with E-state index in [0.29, 0.717) is 0 Å². The summed E-state index contributed by atoms with van der Waals surface area (Å²) in [6.07, 6.45) is -9.82. The minimum absolute atomic E-state index is 0.417. The molecule has 2 aliphatic rings. The zero-order valence-electron chi connectivity index (χ0n) is 16.9. The number of aliphatic hydroxyl groups excluding tert-OH is 4. The number of hydrogen-bond donors (Lipinski definition) is 7. The van der Waals surface area contributed by atoms with Crippen LogP contribution in [-0.2, 0) is 28.7 Å². The van der Waals surface area contributed by atoms with Gasteiger partial charge in [0.25, 0.3) is 0 Å². The van der Waals surface area contributed by atoms with Crippen molar-refractivity contribution in [2.24, 2.45) is 0 Å². The van der Waals surface area contributed by atoms with Gasteiger partial charge in [0.05, 0.1) is 25.4 Å². The van der Waals surface area contributed by atoms with E-state index in [9.17, 15) is 30.0 Å². The number of aliphatic hydroxyl groups is 4. The first-order chi connectivity index (χ1) is 14.1. The number of hydrogen-bond acceptors (Lipinski definition) is 11. The van der Waals surface area contributed by atoms with Gasteiger partial charge in [-0.1, -0.05) is 0 Å². The molecule has 2 fully saturated rings. The summed E-state index contributed by atoms with van der Waals surface area (Å²) in [5, 5.41) is 54.5.